The molecule has 0 bridgehead atoms. The van der Waals surface area contributed by atoms with Gasteiger partial charge in [0, 0.05) is 27.3 Å². The van der Waals surface area contributed by atoms with Crippen LogP contribution in [0.15, 0.2) is 173 Å². The molecule has 7 rings (SSSR count). The number of rotatable bonds is 5. The van der Waals surface area contributed by atoms with E-state index in [1.807, 2.05) is 60.7 Å². The fourth-order valence-corrected chi connectivity index (χ4v) is 6.74. The van der Waals surface area contributed by atoms with Crippen molar-refractivity contribution < 1.29 is 0 Å². The summed E-state index contributed by atoms with van der Waals surface area (Å²) in [6.45, 7) is 2.08. The Morgan fingerprint density at radius 1 is 0.681 bits per heavy atom. The van der Waals surface area contributed by atoms with Crippen molar-refractivity contribution in [2.45, 2.75) is 18.2 Å². The molecule has 5 N–H and O–H groups in total. The molecule has 0 amide bonds. The number of hydrogen-bond acceptors (Lipinski definition) is 3. The second-order valence-electron chi connectivity index (χ2n) is 11.3. The highest BCUT2D eigenvalue weighted by Gasteiger charge is 2.20. The molecule has 1 heterocycles. The first kappa shape index (κ1) is 31.3. The largest absolute Gasteiger partial charge is 0.405 e. The summed E-state index contributed by atoms with van der Waals surface area (Å²) in [5, 5.41) is 10.9. The van der Waals surface area contributed by atoms with Gasteiger partial charge in [0.15, 0.2) is 5.84 Å². The number of aliphatic imine (C=N–C) groups is 1. The predicted octanol–water partition coefficient (Wildman–Crippen LogP) is 9.76. The van der Waals surface area contributed by atoms with Crippen molar-refractivity contribution in [2.75, 3.05) is 0 Å². The first-order valence-electron chi connectivity index (χ1n) is 15.5. The fourth-order valence-electron chi connectivity index (χ4n) is 5.53. The first-order valence-corrected chi connectivity index (χ1v) is 16.3. The lowest BCUT2D eigenvalue weighted by Gasteiger charge is -2.14. The summed E-state index contributed by atoms with van der Waals surface area (Å²) in [7, 11) is 0. The molecular weight excluding hydrogens is 593 g/mol. The monoisotopic (exact) mass is 628 g/mol. The zero-order valence-electron chi connectivity index (χ0n) is 26.2. The molecule has 5 heteroatoms. The lowest BCUT2D eigenvalue weighted by molar-refractivity contribution is 1.21. The van der Waals surface area contributed by atoms with Crippen LogP contribution in [0.5, 0.6) is 0 Å². The second kappa shape index (κ2) is 14.6. The van der Waals surface area contributed by atoms with Crippen LogP contribution in [-0.4, -0.2) is 11.7 Å². The average Bonchev–Trinajstić information content (AvgIpc) is 3.55. The van der Waals surface area contributed by atoms with Crippen LogP contribution in [0.1, 0.15) is 27.8 Å². The summed E-state index contributed by atoms with van der Waals surface area (Å²) >= 11 is 1.78. The maximum atomic E-state index is 8.52. The standard InChI is InChI=1S/C35H28N4S.C7H8/c36-17-16-31(33-22-27-12-6-7-13-32(27)40-33)29-19-28(26-15-14-23-8-4-5-11-25(23)18-26)20-30(21-29)35(38)39-34(37)24-9-2-1-3-10-24;1-7-5-3-2-4-6-7/h1-21H,22,36H2,(H3,37,38,39);2-6H,1H3/b17-16-,33-31-;. The number of benzene rings is 6. The molecule has 0 atom stereocenters. The zero-order valence-corrected chi connectivity index (χ0v) is 27.0. The minimum atomic E-state index is 0.123. The van der Waals surface area contributed by atoms with Crippen LogP contribution in [-0.2, 0) is 6.42 Å². The van der Waals surface area contributed by atoms with Crippen LogP contribution in [0.2, 0.25) is 0 Å². The summed E-state index contributed by atoms with van der Waals surface area (Å²) < 4.78 is 0. The van der Waals surface area contributed by atoms with Gasteiger partial charge in [0.1, 0.15) is 5.84 Å². The first-order chi connectivity index (χ1) is 23.0. The van der Waals surface area contributed by atoms with Crippen LogP contribution in [0.25, 0.3) is 27.5 Å². The molecule has 1 aliphatic heterocycles. The van der Waals surface area contributed by atoms with E-state index in [4.69, 9.17) is 16.9 Å². The molecule has 4 nitrogen and oxygen atoms in total. The van der Waals surface area contributed by atoms with Gasteiger partial charge in [0.25, 0.3) is 0 Å². The molecule has 0 saturated heterocycles. The van der Waals surface area contributed by atoms with Crippen LogP contribution in [0.3, 0.4) is 0 Å². The number of amidine groups is 2. The van der Waals surface area contributed by atoms with Gasteiger partial charge < -0.3 is 11.5 Å². The number of thioether (sulfide) groups is 1. The highest BCUT2D eigenvalue weighted by molar-refractivity contribution is 8.03. The number of allylic oxidation sites excluding steroid dienone is 3. The zero-order chi connectivity index (χ0) is 32.6. The Kier molecular flexibility index (Phi) is 9.75. The van der Waals surface area contributed by atoms with E-state index in [0.29, 0.717) is 11.4 Å². The van der Waals surface area contributed by atoms with E-state index in [1.54, 1.807) is 18.0 Å². The second-order valence-corrected chi connectivity index (χ2v) is 12.4. The number of nitrogens with zero attached hydrogens (tertiary/aromatic N) is 1. The third kappa shape index (κ3) is 7.60. The molecule has 0 radical (unpaired) electrons. The third-order valence-corrected chi connectivity index (χ3v) is 9.19. The lowest BCUT2D eigenvalue weighted by atomic mass is 9.93. The molecule has 0 fully saturated rings. The third-order valence-electron chi connectivity index (χ3n) is 7.96. The Bertz CT molecular complexity index is 2100. The van der Waals surface area contributed by atoms with Gasteiger partial charge in [-0.3, -0.25) is 5.41 Å². The summed E-state index contributed by atoms with van der Waals surface area (Å²) in [6.07, 6.45) is 4.41. The van der Waals surface area contributed by atoms with E-state index in [1.165, 1.54) is 31.7 Å². The summed E-state index contributed by atoms with van der Waals surface area (Å²) in [4.78, 5) is 6.99. The topological polar surface area (TPSA) is 88.2 Å². The number of fused-ring (bicyclic) bond motifs is 2. The Labute approximate surface area is 280 Å². The lowest BCUT2D eigenvalue weighted by Crippen LogP contribution is -2.16. The van der Waals surface area contributed by atoms with Crippen LogP contribution in [0, 0.1) is 12.3 Å². The maximum absolute atomic E-state index is 8.52. The van der Waals surface area contributed by atoms with Crippen molar-refractivity contribution in [3.8, 4) is 11.1 Å². The minimum Gasteiger partial charge on any atom is -0.405 e. The molecule has 6 aromatic carbocycles. The molecule has 0 unspecified atom stereocenters. The normalized spacial score (nSPS) is 13.6. The quantitative estimate of drug-likeness (QED) is 0.131. The molecule has 6 aromatic rings. The number of hydrogen-bond donors (Lipinski definition) is 3. The fraction of sp³-hybridized carbons (Fsp3) is 0.0476. The average molecular weight is 629 g/mol. The molecule has 0 saturated carbocycles. The van der Waals surface area contributed by atoms with Crippen LogP contribution >= 0.6 is 11.8 Å². The summed E-state index contributed by atoms with van der Waals surface area (Å²) in [5.41, 5.74) is 20.8. The molecule has 1 aliphatic rings. The van der Waals surface area contributed by atoms with Crippen LogP contribution < -0.4 is 11.5 Å². The maximum Gasteiger partial charge on any atom is 0.154 e. The summed E-state index contributed by atoms with van der Waals surface area (Å²) in [6, 6.07) is 49.3. The van der Waals surface area contributed by atoms with Crippen molar-refractivity contribution in [2.24, 2.45) is 16.5 Å². The number of nitrogens with one attached hydrogen (secondary N) is 1. The summed E-state index contributed by atoms with van der Waals surface area (Å²) in [5.74, 6) is 0.416. The smallest absolute Gasteiger partial charge is 0.154 e. The molecule has 230 valence electrons. The van der Waals surface area contributed by atoms with Gasteiger partial charge in [-0.2, -0.15) is 0 Å². The van der Waals surface area contributed by atoms with E-state index in [0.717, 1.165) is 34.2 Å². The number of nitrogens with two attached hydrogens (primary N) is 2. The van der Waals surface area contributed by atoms with Gasteiger partial charge in [-0.05, 0) is 88.1 Å². The van der Waals surface area contributed by atoms with Crippen molar-refractivity contribution >= 4 is 39.8 Å². The van der Waals surface area contributed by atoms with Crippen molar-refractivity contribution in [1.29, 1.82) is 5.41 Å². The van der Waals surface area contributed by atoms with Crippen molar-refractivity contribution in [3.05, 3.63) is 191 Å². The van der Waals surface area contributed by atoms with Crippen molar-refractivity contribution in [1.82, 2.24) is 0 Å². The van der Waals surface area contributed by atoms with Crippen LogP contribution in [0.4, 0.5) is 0 Å². The van der Waals surface area contributed by atoms with Gasteiger partial charge in [0.2, 0.25) is 0 Å². The number of aryl methyl sites for hydroxylation is 1. The predicted molar refractivity (Wildman–Crippen MR) is 201 cm³/mol. The highest BCUT2D eigenvalue weighted by Crippen LogP contribution is 2.44. The van der Waals surface area contributed by atoms with Gasteiger partial charge in [-0.25, -0.2) is 4.99 Å². The van der Waals surface area contributed by atoms with Gasteiger partial charge >= 0.3 is 0 Å². The van der Waals surface area contributed by atoms with Gasteiger partial charge in [-0.1, -0.05) is 133 Å². The van der Waals surface area contributed by atoms with Crippen molar-refractivity contribution in [3.63, 3.8) is 0 Å². The Hall–Kier alpha value is -5.65. The molecule has 47 heavy (non-hydrogen) atoms. The minimum absolute atomic E-state index is 0.123. The van der Waals surface area contributed by atoms with E-state index in [9.17, 15) is 0 Å². The Morgan fingerprint density at radius 2 is 1.34 bits per heavy atom. The van der Waals surface area contributed by atoms with E-state index < -0.39 is 0 Å². The highest BCUT2D eigenvalue weighted by atomic mass is 32.2. The molecule has 0 aromatic heterocycles. The van der Waals surface area contributed by atoms with E-state index in [-0.39, 0.29) is 5.84 Å². The van der Waals surface area contributed by atoms with E-state index >= 15 is 0 Å². The van der Waals surface area contributed by atoms with E-state index in [2.05, 4.69) is 103 Å². The molecule has 0 aliphatic carbocycles. The Balaban J connectivity index is 0.000000491. The SMILES string of the molecule is Cc1ccccc1.N=C(N=C(N)c1cc(C(/C=C\N)=C2/Cc3ccccc3S2)cc(-c2ccc3ccccc3c2)c1)c1ccccc1. The molecule has 0 spiro atoms. The molecular formula is C42H36N4S. The Morgan fingerprint density at radius 3 is 2.04 bits per heavy atom. The van der Waals surface area contributed by atoms with Gasteiger partial charge in [-0.15, -0.1) is 0 Å². The van der Waals surface area contributed by atoms with Gasteiger partial charge in [0.05, 0.1) is 0 Å².